The zero-order valence-electron chi connectivity index (χ0n) is 10.5. The average molecular weight is 233 g/mol. The summed E-state index contributed by atoms with van der Waals surface area (Å²) in [4.78, 5) is 0. The summed E-state index contributed by atoms with van der Waals surface area (Å²) in [5, 5.41) is 11.1. The molecule has 1 aliphatic heterocycles. The lowest BCUT2D eigenvalue weighted by atomic mass is 9.81. The van der Waals surface area contributed by atoms with Crippen LogP contribution in [0.3, 0.4) is 0 Å². The predicted molar refractivity (Wildman–Crippen MR) is 69.3 cm³/mol. The van der Waals surface area contributed by atoms with E-state index < -0.39 is 0 Å². The molecule has 2 fully saturated rings. The first-order chi connectivity index (χ1) is 8.45. The van der Waals surface area contributed by atoms with Crippen molar-refractivity contribution in [3.63, 3.8) is 0 Å². The van der Waals surface area contributed by atoms with Crippen LogP contribution in [0, 0.1) is 0 Å². The van der Waals surface area contributed by atoms with Gasteiger partial charge in [0.15, 0.2) is 0 Å². The second-order valence-corrected chi connectivity index (χ2v) is 5.62. The summed E-state index contributed by atoms with van der Waals surface area (Å²) in [7, 11) is 0. The molecule has 1 saturated heterocycles. The monoisotopic (exact) mass is 233 g/mol. The highest BCUT2D eigenvalue weighted by Crippen LogP contribution is 2.36. The molecule has 3 nitrogen and oxygen atoms in total. The highest BCUT2D eigenvalue weighted by Gasteiger charge is 2.25. The Morgan fingerprint density at radius 3 is 2.59 bits per heavy atom. The van der Waals surface area contributed by atoms with Crippen molar-refractivity contribution in [3.8, 4) is 0 Å². The lowest BCUT2D eigenvalue weighted by Crippen LogP contribution is -2.29. The Bertz CT molecular complexity index is 314. The van der Waals surface area contributed by atoms with Crippen molar-refractivity contribution in [2.24, 2.45) is 0 Å². The van der Waals surface area contributed by atoms with Crippen LogP contribution in [0.5, 0.6) is 0 Å². The Morgan fingerprint density at radius 2 is 1.82 bits per heavy atom. The fourth-order valence-electron chi connectivity index (χ4n) is 3.47. The van der Waals surface area contributed by atoms with Crippen molar-refractivity contribution in [2.75, 3.05) is 13.1 Å². The van der Waals surface area contributed by atoms with Gasteiger partial charge in [-0.3, -0.25) is 5.10 Å². The third-order valence-corrected chi connectivity index (χ3v) is 4.45. The van der Waals surface area contributed by atoms with Gasteiger partial charge in [-0.05, 0) is 43.7 Å². The van der Waals surface area contributed by atoms with Crippen LogP contribution in [0.15, 0.2) is 6.20 Å². The minimum absolute atomic E-state index is 0.670. The predicted octanol–water partition coefficient (Wildman–Crippen LogP) is 2.92. The van der Waals surface area contributed by atoms with Crippen LogP contribution in [-0.2, 0) is 0 Å². The number of aromatic amines is 1. The van der Waals surface area contributed by atoms with Crippen molar-refractivity contribution in [2.45, 2.75) is 56.8 Å². The molecule has 0 radical (unpaired) electrons. The van der Waals surface area contributed by atoms with E-state index >= 15 is 0 Å². The van der Waals surface area contributed by atoms with Crippen LogP contribution in [0.4, 0.5) is 0 Å². The summed E-state index contributed by atoms with van der Waals surface area (Å²) >= 11 is 0. The summed E-state index contributed by atoms with van der Waals surface area (Å²) in [6.45, 7) is 2.31. The summed E-state index contributed by atoms with van der Waals surface area (Å²) in [6, 6.07) is 0. The van der Waals surface area contributed by atoms with Gasteiger partial charge in [-0.1, -0.05) is 19.3 Å². The second-order valence-electron chi connectivity index (χ2n) is 5.62. The first kappa shape index (κ1) is 11.3. The minimum Gasteiger partial charge on any atom is -0.316 e. The molecule has 1 aliphatic carbocycles. The maximum absolute atomic E-state index is 4.32. The smallest absolute Gasteiger partial charge is 0.0525 e. The van der Waals surface area contributed by atoms with Crippen molar-refractivity contribution < 1.29 is 0 Å². The SMILES string of the molecule is c1n[nH]c(C2CCCNC2)c1C1CCCCC1. The van der Waals surface area contributed by atoms with Crippen LogP contribution < -0.4 is 5.32 Å². The zero-order chi connectivity index (χ0) is 11.5. The Morgan fingerprint density at radius 1 is 1.00 bits per heavy atom. The Labute approximate surface area is 103 Å². The van der Waals surface area contributed by atoms with E-state index in [9.17, 15) is 0 Å². The largest absolute Gasteiger partial charge is 0.316 e. The third kappa shape index (κ3) is 2.39. The molecule has 3 rings (SSSR count). The molecule has 0 amide bonds. The number of rotatable bonds is 2. The highest BCUT2D eigenvalue weighted by molar-refractivity contribution is 5.26. The van der Waals surface area contributed by atoms with Gasteiger partial charge < -0.3 is 5.32 Å². The summed E-state index contributed by atoms with van der Waals surface area (Å²) in [5.41, 5.74) is 2.96. The fraction of sp³-hybridized carbons (Fsp3) is 0.786. The second kappa shape index (κ2) is 5.21. The van der Waals surface area contributed by atoms with Gasteiger partial charge in [-0.25, -0.2) is 0 Å². The van der Waals surface area contributed by atoms with E-state index in [4.69, 9.17) is 0 Å². The molecule has 1 aromatic rings. The molecule has 2 heterocycles. The van der Waals surface area contributed by atoms with Gasteiger partial charge in [0.1, 0.15) is 0 Å². The van der Waals surface area contributed by atoms with Crippen LogP contribution >= 0.6 is 0 Å². The molecule has 2 aliphatic rings. The standard InChI is InChI=1S/C14H23N3/c1-2-5-11(6-3-1)13-10-16-17-14(13)12-7-4-8-15-9-12/h10-12,15H,1-9H2,(H,16,17). The van der Waals surface area contributed by atoms with E-state index in [1.54, 1.807) is 0 Å². The van der Waals surface area contributed by atoms with Crippen LogP contribution in [0.1, 0.15) is 68.0 Å². The quantitative estimate of drug-likeness (QED) is 0.824. The van der Waals surface area contributed by atoms with Gasteiger partial charge >= 0.3 is 0 Å². The first-order valence-electron chi connectivity index (χ1n) is 7.19. The van der Waals surface area contributed by atoms with E-state index in [0.717, 1.165) is 12.5 Å². The van der Waals surface area contributed by atoms with E-state index in [-0.39, 0.29) is 0 Å². The molecular weight excluding hydrogens is 210 g/mol. The Hall–Kier alpha value is -0.830. The summed E-state index contributed by atoms with van der Waals surface area (Å²) in [6.07, 6.45) is 11.7. The number of piperidine rings is 1. The number of hydrogen-bond acceptors (Lipinski definition) is 2. The third-order valence-electron chi connectivity index (χ3n) is 4.45. The van der Waals surface area contributed by atoms with Gasteiger partial charge in [0.25, 0.3) is 0 Å². The van der Waals surface area contributed by atoms with Gasteiger partial charge in [0.05, 0.1) is 6.20 Å². The highest BCUT2D eigenvalue weighted by atomic mass is 15.1. The topological polar surface area (TPSA) is 40.7 Å². The van der Waals surface area contributed by atoms with E-state index in [1.165, 1.54) is 62.7 Å². The Balaban J connectivity index is 1.77. The number of hydrogen-bond donors (Lipinski definition) is 2. The van der Waals surface area contributed by atoms with Gasteiger partial charge in [-0.2, -0.15) is 5.10 Å². The van der Waals surface area contributed by atoms with Gasteiger partial charge in [-0.15, -0.1) is 0 Å². The number of aromatic nitrogens is 2. The minimum atomic E-state index is 0.670. The molecule has 1 atom stereocenters. The van der Waals surface area contributed by atoms with Crippen LogP contribution in [-0.4, -0.2) is 23.3 Å². The summed E-state index contributed by atoms with van der Waals surface area (Å²) in [5.74, 6) is 1.45. The number of H-pyrrole nitrogens is 1. The summed E-state index contributed by atoms with van der Waals surface area (Å²) < 4.78 is 0. The van der Waals surface area contributed by atoms with E-state index in [2.05, 4.69) is 21.7 Å². The molecular formula is C14H23N3. The average Bonchev–Trinajstić information content (AvgIpc) is 2.90. The van der Waals surface area contributed by atoms with Crippen molar-refractivity contribution in [3.05, 3.63) is 17.5 Å². The maximum atomic E-state index is 4.32. The number of nitrogens with zero attached hydrogens (tertiary/aromatic N) is 1. The Kier molecular flexibility index (Phi) is 3.46. The molecule has 2 N–H and O–H groups in total. The van der Waals surface area contributed by atoms with Crippen molar-refractivity contribution in [1.29, 1.82) is 0 Å². The molecule has 1 aromatic heterocycles. The molecule has 0 spiro atoms. The molecule has 0 aromatic carbocycles. The zero-order valence-corrected chi connectivity index (χ0v) is 10.5. The normalized spacial score (nSPS) is 27.2. The van der Waals surface area contributed by atoms with Gasteiger partial charge in [0.2, 0.25) is 0 Å². The van der Waals surface area contributed by atoms with Crippen LogP contribution in [0.25, 0.3) is 0 Å². The van der Waals surface area contributed by atoms with Crippen molar-refractivity contribution >= 4 is 0 Å². The molecule has 3 heteroatoms. The maximum Gasteiger partial charge on any atom is 0.0525 e. The van der Waals surface area contributed by atoms with E-state index in [0.29, 0.717) is 5.92 Å². The molecule has 0 bridgehead atoms. The fourth-order valence-corrected chi connectivity index (χ4v) is 3.47. The molecule has 17 heavy (non-hydrogen) atoms. The van der Waals surface area contributed by atoms with E-state index in [1.807, 2.05) is 0 Å². The number of nitrogens with one attached hydrogen (secondary N) is 2. The first-order valence-corrected chi connectivity index (χ1v) is 7.19. The lowest BCUT2D eigenvalue weighted by molar-refractivity contribution is 0.424. The van der Waals surface area contributed by atoms with Crippen molar-refractivity contribution in [1.82, 2.24) is 15.5 Å². The van der Waals surface area contributed by atoms with Crippen LogP contribution in [0.2, 0.25) is 0 Å². The molecule has 1 unspecified atom stereocenters. The molecule has 94 valence electrons. The van der Waals surface area contributed by atoms with Gasteiger partial charge in [0, 0.05) is 18.2 Å². The molecule has 1 saturated carbocycles. The lowest BCUT2D eigenvalue weighted by Gasteiger charge is -2.26.